The van der Waals surface area contributed by atoms with E-state index in [0.29, 0.717) is 28.7 Å². The van der Waals surface area contributed by atoms with Crippen molar-refractivity contribution in [3.8, 4) is 11.7 Å². The fraction of sp³-hybridized carbons (Fsp3) is 0.333. The largest absolute Gasteiger partial charge is 0.444 e. The van der Waals surface area contributed by atoms with Gasteiger partial charge in [-0.2, -0.15) is 4.98 Å². The second kappa shape index (κ2) is 4.59. The summed E-state index contributed by atoms with van der Waals surface area (Å²) in [7, 11) is 0. The number of aromatic nitrogens is 2. The van der Waals surface area contributed by atoms with Crippen molar-refractivity contribution < 1.29 is 8.94 Å². The van der Waals surface area contributed by atoms with Crippen molar-refractivity contribution in [2.24, 2.45) is 0 Å². The molecule has 5 nitrogen and oxygen atoms in total. The normalized spacial score (nSPS) is 10.8. The number of hydrogen-bond donors (Lipinski definition) is 1. The van der Waals surface area contributed by atoms with Gasteiger partial charge in [0.15, 0.2) is 16.3 Å². The van der Waals surface area contributed by atoms with Gasteiger partial charge in [-0.05, 0) is 34.6 Å². The summed E-state index contributed by atoms with van der Waals surface area (Å²) in [5.74, 6) is 1.59. The Labute approximate surface area is 95.0 Å². The minimum absolute atomic E-state index is 0.397. The van der Waals surface area contributed by atoms with Crippen LogP contribution in [0.1, 0.15) is 12.7 Å². The van der Waals surface area contributed by atoms with E-state index in [1.807, 2.05) is 6.92 Å². The van der Waals surface area contributed by atoms with E-state index >= 15 is 0 Å². The van der Waals surface area contributed by atoms with Gasteiger partial charge in [-0.25, -0.2) is 0 Å². The van der Waals surface area contributed by atoms with Crippen LogP contribution in [0, 0.1) is 0 Å². The molecule has 2 heterocycles. The third-order valence-electron chi connectivity index (χ3n) is 1.79. The first-order valence-electron chi connectivity index (χ1n) is 4.58. The van der Waals surface area contributed by atoms with Crippen LogP contribution < -0.4 is 5.32 Å². The van der Waals surface area contributed by atoms with Gasteiger partial charge in [0, 0.05) is 0 Å². The number of hydrogen-bond acceptors (Lipinski definition) is 5. The molecule has 2 aromatic rings. The molecule has 2 aromatic heterocycles. The molecule has 0 aliphatic rings. The first-order chi connectivity index (χ1) is 7.29. The Morgan fingerprint density at radius 2 is 2.33 bits per heavy atom. The van der Waals surface area contributed by atoms with E-state index in [-0.39, 0.29) is 0 Å². The number of nitrogens with one attached hydrogen (secondary N) is 1. The fourth-order valence-electron chi connectivity index (χ4n) is 1.09. The lowest BCUT2D eigenvalue weighted by Crippen LogP contribution is -2.12. The first kappa shape index (κ1) is 10.4. The highest BCUT2D eigenvalue weighted by atomic mass is 79.9. The van der Waals surface area contributed by atoms with Crippen LogP contribution in [-0.2, 0) is 6.54 Å². The van der Waals surface area contributed by atoms with Crippen molar-refractivity contribution in [2.75, 3.05) is 6.54 Å². The molecule has 0 saturated heterocycles. The van der Waals surface area contributed by atoms with Gasteiger partial charge < -0.3 is 14.3 Å². The van der Waals surface area contributed by atoms with Crippen molar-refractivity contribution in [3.05, 3.63) is 22.6 Å². The quantitative estimate of drug-likeness (QED) is 0.924. The highest BCUT2D eigenvalue weighted by Crippen LogP contribution is 2.23. The highest BCUT2D eigenvalue weighted by molar-refractivity contribution is 9.10. The number of furan rings is 1. The summed E-state index contributed by atoms with van der Waals surface area (Å²) in [6.45, 7) is 3.49. The molecule has 0 bridgehead atoms. The molecule has 0 atom stereocenters. The molecule has 0 fully saturated rings. The summed E-state index contributed by atoms with van der Waals surface area (Å²) in [5.41, 5.74) is 0. The van der Waals surface area contributed by atoms with Gasteiger partial charge in [0.1, 0.15) is 0 Å². The SMILES string of the molecule is CCNCc1noc(-c2ccc(Br)o2)n1. The maximum absolute atomic E-state index is 5.29. The molecule has 0 spiro atoms. The van der Waals surface area contributed by atoms with E-state index in [4.69, 9.17) is 8.94 Å². The molecule has 15 heavy (non-hydrogen) atoms. The molecule has 2 rings (SSSR count). The van der Waals surface area contributed by atoms with E-state index in [9.17, 15) is 0 Å². The molecule has 0 radical (unpaired) electrons. The first-order valence-corrected chi connectivity index (χ1v) is 5.38. The van der Waals surface area contributed by atoms with E-state index in [1.54, 1.807) is 12.1 Å². The smallest absolute Gasteiger partial charge is 0.293 e. The summed E-state index contributed by atoms with van der Waals surface area (Å²) in [4.78, 5) is 4.18. The van der Waals surface area contributed by atoms with Crippen molar-refractivity contribution in [1.29, 1.82) is 0 Å². The Kier molecular flexibility index (Phi) is 3.17. The van der Waals surface area contributed by atoms with Crippen LogP contribution in [-0.4, -0.2) is 16.7 Å². The average Bonchev–Trinajstić information content (AvgIpc) is 2.83. The molecule has 80 valence electrons. The molecule has 0 saturated carbocycles. The van der Waals surface area contributed by atoms with Crippen LogP contribution >= 0.6 is 15.9 Å². The van der Waals surface area contributed by atoms with Gasteiger partial charge in [-0.3, -0.25) is 0 Å². The lowest BCUT2D eigenvalue weighted by Gasteiger charge is -1.92. The average molecular weight is 272 g/mol. The third-order valence-corrected chi connectivity index (χ3v) is 2.21. The zero-order valence-corrected chi connectivity index (χ0v) is 9.74. The molecule has 0 amide bonds. The van der Waals surface area contributed by atoms with Crippen LogP contribution in [0.3, 0.4) is 0 Å². The van der Waals surface area contributed by atoms with Crippen molar-refractivity contribution in [3.63, 3.8) is 0 Å². The predicted molar refractivity (Wildman–Crippen MR) is 57.1 cm³/mol. The summed E-state index contributed by atoms with van der Waals surface area (Å²) in [6.07, 6.45) is 0. The maximum Gasteiger partial charge on any atom is 0.293 e. The summed E-state index contributed by atoms with van der Waals surface area (Å²) < 4.78 is 11.0. The van der Waals surface area contributed by atoms with Crippen LogP contribution in [0.4, 0.5) is 0 Å². The van der Waals surface area contributed by atoms with Crippen molar-refractivity contribution >= 4 is 15.9 Å². The summed E-state index contributed by atoms with van der Waals surface area (Å²) >= 11 is 3.21. The topological polar surface area (TPSA) is 64.1 Å². The van der Waals surface area contributed by atoms with Crippen LogP contribution in [0.2, 0.25) is 0 Å². The Bertz CT molecular complexity index is 438. The molecule has 0 unspecified atom stereocenters. The molecular weight excluding hydrogens is 262 g/mol. The monoisotopic (exact) mass is 271 g/mol. The lowest BCUT2D eigenvalue weighted by atomic mass is 10.4. The fourth-order valence-corrected chi connectivity index (χ4v) is 1.40. The van der Waals surface area contributed by atoms with Gasteiger partial charge in [0.2, 0.25) is 0 Å². The van der Waals surface area contributed by atoms with E-state index in [0.717, 1.165) is 6.54 Å². The van der Waals surface area contributed by atoms with Gasteiger partial charge in [-0.1, -0.05) is 12.1 Å². The Morgan fingerprint density at radius 3 is 3.00 bits per heavy atom. The third kappa shape index (κ3) is 2.45. The van der Waals surface area contributed by atoms with Crippen molar-refractivity contribution in [1.82, 2.24) is 15.5 Å². The lowest BCUT2D eigenvalue weighted by molar-refractivity contribution is 0.405. The van der Waals surface area contributed by atoms with E-state index in [1.165, 1.54) is 0 Å². The standard InChI is InChI=1S/C9H10BrN3O2/c1-2-11-5-8-12-9(15-13-8)6-3-4-7(10)14-6/h3-4,11H,2,5H2,1H3. The molecule has 0 aliphatic heterocycles. The predicted octanol–water partition coefficient (Wildman–Crippen LogP) is 2.20. The minimum Gasteiger partial charge on any atom is -0.444 e. The van der Waals surface area contributed by atoms with Gasteiger partial charge in [0.05, 0.1) is 6.54 Å². The number of nitrogens with zero attached hydrogens (tertiary/aromatic N) is 2. The Hall–Kier alpha value is -1.14. The van der Waals surface area contributed by atoms with Crippen LogP contribution in [0.15, 0.2) is 25.7 Å². The second-order valence-corrected chi connectivity index (χ2v) is 3.68. The zero-order valence-electron chi connectivity index (χ0n) is 8.16. The van der Waals surface area contributed by atoms with Gasteiger partial charge in [0.25, 0.3) is 5.89 Å². The van der Waals surface area contributed by atoms with E-state index in [2.05, 4.69) is 31.4 Å². The minimum atomic E-state index is 0.397. The molecule has 0 aliphatic carbocycles. The summed E-state index contributed by atoms with van der Waals surface area (Å²) in [6, 6.07) is 3.55. The van der Waals surface area contributed by atoms with E-state index < -0.39 is 0 Å². The Morgan fingerprint density at radius 1 is 1.47 bits per heavy atom. The molecular formula is C9H10BrN3O2. The number of halogens is 1. The maximum atomic E-state index is 5.29. The second-order valence-electron chi connectivity index (χ2n) is 2.90. The Balaban J connectivity index is 2.13. The van der Waals surface area contributed by atoms with Crippen LogP contribution in [0.25, 0.3) is 11.7 Å². The number of rotatable bonds is 4. The highest BCUT2D eigenvalue weighted by Gasteiger charge is 2.11. The van der Waals surface area contributed by atoms with Gasteiger partial charge in [-0.15, -0.1) is 0 Å². The van der Waals surface area contributed by atoms with Crippen molar-refractivity contribution in [2.45, 2.75) is 13.5 Å². The van der Waals surface area contributed by atoms with Gasteiger partial charge >= 0.3 is 0 Å². The zero-order chi connectivity index (χ0) is 10.7. The summed E-state index contributed by atoms with van der Waals surface area (Å²) in [5, 5.41) is 6.93. The molecule has 6 heteroatoms. The van der Waals surface area contributed by atoms with Crippen LogP contribution in [0.5, 0.6) is 0 Å². The molecule has 0 aromatic carbocycles. The molecule has 1 N–H and O–H groups in total.